The number of halogens is 7. The van der Waals surface area contributed by atoms with Gasteiger partial charge in [0.1, 0.15) is 0 Å². The molecule has 0 unspecified atom stereocenters. The lowest BCUT2D eigenvalue weighted by atomic mass is 9.68. The maximum absolute atomic E-state index is 13.6. The molecule has 2 amide bonds. The molecule has 1 aliphatic carbocycles. The summed E-state index contributed by atoms with van der Waals surface area (Å²) in [4.78, 5) is 27.3. The summed E-state index contributed by atoms with van der Waals surface area (Å²) in [6.07, 6.45) is -9.24. The number of anilines is 1. The Morgan fingerprint density at radius 3 is 2.20 bits per heavy atom. The Kier molecular flexibility index (Phi) is 10.0. The van der Waals surface area contributed by atoms with Crippen LogP contribution in [0.2, 0.25) is 0 Å². The van der Waals surface area contributed by atoms with Crippen LogP contribution in [0.25, 0.3) is 6.08 Å². The van der Waals surface area contributed by atoms with Crippen molar-refractivity contribution in [2.75, 3.05) is 18.6 Å². The van der Waals surface area contributed by atoms with Gasteiger partial charge in [0.2, 0.25) is 11.8 Å². The molecule has 1 saturated heterocycles. The minimum Gasteiger partial charge on any atom is -0.504 e. The van der Waals surface area contributed by atoms with E-state index in [-0.39, 0.29) is 30.4 Å². The number of fused-ring (bicyclic) bond motifs is 1. The minimum atomic E-state index is -5.18. The number of imide groups is 1. The number of alkyl halides is 6. The van der Waals surface area contributed by atoms with E-state index >= 15 is 0 Å². The third-order valence-corrected chi connectivity index (χ3v) is 9.03. The summed E-state index contributed by atoms with van der Waals surface area (Å²) in [7, 11) is 1.42. The second-order valence-corrected chi connectivity index (χ2v) is 12.4. The highest BCUT2D eigenvalue weighted by Crippen LogP contribution is 2.48. The zero-order chi connectivity index (χ0) is 33.6. The molecule has 0 aromatic heterocycles. The molecule has 4 rings (SSSR count). The lowest BCUT2D eigenvalue weighted by Gasteiger charge is -2.35. The van der Waals surface area contributed by atoms with Crippen molar-refractivity contribution in [3.8, 4) is 11.5 Å². The summed E-state index contributed by atoms with van der Waals surface area (Å²) in [6.45, 7) is 2.74. The van der Waals surface area contributed by atoms with Crippen LogP contribution in [-0.2, 0) is 21.9 Å². The van der Waals surface area contributed by atoms with Crippen molar-refractivity contribution >= 4 is 46.2 Å². The Labute approximate surface area is 268 Å². The summed E-state index contributed by atoms with van der Waals surface area (Å²) in [5.41, 5.74) is -1.80. The molecule has 0 radical (unpaired) electrons. The van der Waals surface area contributed by atoms with Crippen molar-refractivity contribution in [2.45, 2.75) is 51.6 Å². The number of ether oxygens (including phenoxy) is 1. The van der Waals surface area contributed by atoms with Gasteiger partial charge in [-0.3, -0.25) is 9.59 Å². The van der Waals surface area contributed by atoms with Crippen LogP contribution in [0.5, 0.6) is 11.5 Å². The van der Waals surface area contributed by atoms with Gasteiger partial charge in [0, 0.05) is 5.92 Å². The molecule has 14 heteroatoms. The summed E-state index contributed by atoms with van der Waals surface area (Å²) in [5.74, 6) is -5.23. The van der Waals surface area contributed by atoms with E-state index in [9.17, 15) is 51.3 Å². The monoisotopic (exact) mass is 753 g/mol. The zero-order valence-corrected chi connectivity index (χ0v) is 26.4. The first kappa shape index (κ1) is 34.8. The number of methoxy groups -OCH3 is 1. The van der Waals surface area contributed by atoms with Gasteiger partial charge in [-0.2, -0.15) is 26.3 Å². The highest BCUT2D eigenvalue weighted by atomic mass is 127. The third kappa shape index (κ3) is 7.02. The van der Waals surface area contributed by atoms with Gasteiger partial charge in [0.15, 0.2) is 11.5 Å². The van der Waals surface area contributed by atoms with Gasteiger partial charge in [-0.1, -0.05) is 17.2 Å². The van der Waals surface area contributed by atoms with Crippen LogP contribution >= 0.6 is 22.6 Å². The van der Waals surface area contributed by atoms with Crippen molar-refractivity contribution in [1.29, 1.82) is 0 Å². The van der Waals surface area contributed by atoms with Gasteiger partial charge in [0.05, 0.1) is 52.0 Å². The Morgan fingerprint density at radius 1 is 1.07 bits per heavy atom. The highest BCUT2D eigenvalue weighted by molar-refractivity contribution is 14.1. The molecule has 2 aromatic rings. The van der Waals surface area contributed by atoms with Gasteiger partial charge >= 0.3 is 12.4 Å². The number of phenols is 1. The van der Waals surface area contributed by atoms with Gasteiger partial charge in [-0.15, -0.1) is 0 Å². The van der Waals surface area contributed by atoms with E-state index in [1.54, 1.807) is 19.1 Å². The van der Waals surface area contributed by atoms with E-state index in [1.807, 2.05) is 35.6 Å². The third-order valence-electron chi connectivity index (χ3n) is 8.21. The van der Waals surface area contributed by atoms with Crippen molar-refractivity contribution < 1.29 is 56.0 Å². The predicted molar refractivity (Wildman–Crippen MR) is 160 cm³/mol. The molecular weight excluding hydrogens is 723 g/mol. The molecule has 0 spiro atoms. The second kappa shape index (κ2) is 12.9. The Hall–Kier alpha value is -3.11. The van der Waals surface area contributed by atoms with E-state index in [0.29, 0.717) is 38.2 Å². The fourth-order valence-electron chi connectivity index (χ4n) is 6.15. The predicted octanol–water partition coefficient (Wildman–Crippen LogP) is 6.72. The molecule has 2 aromatic carbocycles. The number of aliphatic hydroxyl groups excluding tert-OH is 2. The van der Waals surface area contributed by atoms with Crippen LogP contribution in [0.1, 0.15) is 49.8 Å². The molecule has 0 bridgehead atoms. The SMILES string of the molecule is COc1cc(/C=C(\C)CC[C@@H](O)C2=C(C)C[C@H]3C(=O)N(c4cc(C(F)(F)F)cc(C(F)(F)F)c4)C(=O)[C@H]3[C@H]2CO)cc(I)c1O. The molecule has 1 aliphatic heterocycles. The van der Waals surface area contributed by atoms with Crippen molar-refractivity contribution in [3.05, 3.63) is 67.3 Å². The van der Waals surface area contributed by atoms with Crippen LogP contribution in [-0.4, -0.2) is 47.0 Å². The Morgan fingerprint density at radius 2 is 1.67 bits per heavy atom. The number of phenolic OH excluding ortho intramolecular Hbond substituents is 1. The lowest BCUT2D eigenvalue weighted by Crippen LogP contribution is -2.38. The van der Waals surface area contributed by atoms with Gasteiger partial charge in [-0.05, 0) is 97.2 Å². The van der Waals surface area contributed by atoms with E-state index < -0.39 is 71.4 Å². The molecule has 4 atom stereocenters. The number of carbonyl (C=O) groups is 2. The Bertz CT molecular complexity index is 1530. The Balaban J connectivity index is 1.60. The minimum absolute atomic E-state index is 0.00346. The molecule has 3 N–H and O–H groups in total. The normalized spacial score (nSPS) is 21.8. The fourth-order valence-corrected chi connectivity index (χ4v) is 6.77. The second-order valence-electron chi connectivity index (χ2n) is 11.2. The first-order valence-electron chi connectivity index (χ1n) is 13.8. The van der Waals surface area contributed by atoms with Gasteiger partial charge in [0.25, 0.3) is 0 Å². The van der Waals surface area contributed by atoms with Crippen LogP contribution < -0.4 is 9.64 Å². The smallest absolute Gasteiger partial charge is 0.416 e. The molecule has 45 heavy (non-hydrogen) atoms. The lowest BCUT2D eigenvalue weighted by molar-refractivity contribution is -0.143. The van der Waals surface area contributed by atoms with Gasteiger partial charge in [-0.25, -0.2) is 4.90 Å². The average molecular weight is 753 g/mol. The van der Waals surface area contributed by atoms with E-state index in [4.69, 9.17) is 4.74 Å². The molecule has 2 aliphatic rings. The number of amides is 2. The number of hydrogen-bond donors (Lipinski definition) is 3. The van der Waals surface area contributed by atoms with Crippen LogP contribution in [0.15, 0.2) is 47.1 Å². The maximum Gasteiger partial charge on any atom is 0.416 e. The molecule has 244 valence electrons. The van der Waals surface area contributed by atoms with Crippen LogP contribution in [0.4, 0.5) is 32.0 Å². The van der Waals surface area contributed by atoms with Crippen LogP contribution in [0, 0.1) is 21.3 Å². The topological polar surface area (TPSA) is 107 Å². The molecule has 7 nitrogen and oxygen atoms in total. The number of nitrogens with zero attached hydrogens (tertiary/aromatic N) is 1. The van der Waals surface area contributed by atoms with E-state index in [0.717, 1.165) is 11.1 Å². The van der Waals surface area contributed by atoms with Crippen LogP contribution in [0.3, 0.4) is 0 Å². The van der Waals surface area contributed by atoms with E-state index in [2.05, 4.69) is 0 Å². The van der Waals surface area contributed by atoms with Crippen molar-refractivity contribution in [1.82, 2.24) is 0 Å². The first-order chi connectivity index (χ1) is 20.9. The number of rotatable bonds is 8. The molecule has 1 fully saturated rings. The molecule has 0 saturated carbocycles. The summed E-state index contributed by atoms with van der Waals surface area (Å²) in [5, 5.41) is 31.6. The first-order valence-corrected chi connectivity index (χ1v) is 14.9. The number of aromatic hydroxyl groups is 1. The fraction of sp³-hybridized carbons (Fsp3) is 0.419. The number of allylic oxidation sites excluding steroid dienone is 2. The summed E-state index contributed by atoms with van der Waals surface area (Å²) < 4.78 is 86.7. The van der Waals surface area contributed by atoms with E-state index in [1.165, 1.54) is 7.11 Å². The number of carbonyl (C=O) groups excluding carboxylic acids is 2. The van der Waals surface area contributed by atoms with Crippen molar-refractivity contribution in [2.24, 2.45) is 17.8 Å². The highest BCUT2D eigenvalue weighted by Gasteiger charge is 2.55. The molecular formula is C31H30F6INO6. The number of aliphatic hydroxyl groups is 2. The van der Waals surface area contributed by atoms with Gasteiger partial charge < -0.3 is 20.1 Å². The number of benzene rings is 2. The summed E-state index contributed by atoms with van der Waals surface area (Å²) >= 11 is 1.96. The maximum atomic E-state index is 13.6. The van der Waals surface area contributed by atoms with Crippen molar-refractivity contribution in [3.63, 3.8) is 0 Å². The average Bonchev–Trinajstić information content (AvgIpc) is 3.20. The number of hydrogen-bond acceptors (Lipinski definition) is 6. The standard InChI is InChI=1S/C31H30F6INO6/c1-14(6-16-8-22(38)27(42)24(9-16)45-3)4-5-23(41)25-15(2)7-20-26(21(25)13-40)29(44)39(28(20)43)19-11-17(30(32,33)34)10-18(12-19)31(35,36)37/h6,8-12,20-21,23,26,40-42H,4-5,7,13H2,1-3H3/b14-6+/t20-,21+,23-,26-/m1/s1. The zero-order valence-electron chi connectivity index (χ0n) is 24.3. The largest absolute Gasteiger partial charge is 0.504 e. The summed E-state index contributed by atoms with van der Waals surface area (Å²) in [6, 6.07) is 3.94. The quantitative estimate of drug-likeness (QED) is 0.120. The molecule has 1 heterocycles.